The Hall–Kier alpha value is -4.34. The lowest BCUT2D eigenvalue weighted by atomic mass is 10.1. The molecule has 10 nitrogen and oxygen atoms in total. The third kappa shape index (κ3) is 5.10. The summed E-state index contributed by atoms with van der Waals surface area (Å²) in [6.07, 6.45) is 3.08. The number of anilines is 2. The third-order valence-corrected chi connectivity index (χ3v) is 3.86. The Morgan fingerprint density at radius 3 is 2.41 bits per heavy atom. The molecule has 3 rings (SSSR count). The van der Waals surface area contributed by atoms with Crippen molar-refractivity contribution in [2.24, 2.45) is 5.73 Å². The minimum atomic E-state index is -0.801. The van der Waals surface area contributed by atoms with Crippen molar-refractivity contribution in [1.29, 1.82) is 0 Å². The first-order chi connectivity index (χ1) is 13.9. The lowest BCUT2D eigenvalue weighted by molar-refractivity contribution is -0.115. The van der Waals surface area contributed by atoms with Crippen LogP contribution in [0.2, 0.25) is 0 Å². The van der Waals surface area contributed by atoms with Crippen LogP contribution < -0.4 is 27.4 Å². The summed E-state index contributed by atoms with van der Waals surface area (Å²) in [4.78, 5) is 49.3. The number of hydrogen-bond donors (Lipinski definition) is 5. The average Bonchev–Trinajstić information content (AvgIpc) is 3.13. The maximum absolute atomic E-state index is 12.6. The Labute approximate surface area is 164 Å². The first kappa shape index (κ1) is 19.4. The largest absolute Gasteiger partial charge is 0.352 e. The van der Waals surface area contributed by atoms with Gasteiger partial charge < -0.3 is 26.7 Å². The quantitative estimate of drug-likeness (QED) is 0.424. The zero-order chi connectivity index (χ0) is 20.8. The Morgan fingerprint density at radius 2 is 1.72 bits per heavy atom. The number of nitrogens with one attached hydrogen (secondary N) is 4. The van der Waals surface area contributed by atoms with Crippen LogP contribution in [0.3, 0.4) is 0 Å². The summed E-state index contributed by atoms with van der Waals surface area (Å²) in [5.74, 6) is -0.841. The number of imidazole rings is 1. The molecular weight excluding hydrogens is 376 g/mol. The van der Waals surface area contributed by atoms with Crippen molar-refractivity contribution in [2.75, 3.05) is 17.2 Å². The molecule has 10 heteroatoms. The van der Waals surface area contributed by atoms with Crippen LogP contribution in [-0.4, -0.2) is 33.9 Å². The van der Waals surface area contributed by atoms with Gasteiger partial charge in [-0.1, -0.05) is 12.1 Å². The molecule has 0 spiro atoms. The topological polar surface area (TPSA) is 151 Å². The normalized spacial score (nSPS) is 10.2. The van der Waals surface area contributed by atoms with Crippen LogP contribution in [0.5, 0.6) is 0 Å². The van der Waals surface area contributed by atoms with E-state index in [4.69, 9.17) is 5.73 Å². The highest BCUT2D eigenvalue weighted by atomic mass is 16.2. The van der Waals surface area contributed by atoms with Crippen molar-refractivity contribution in [3.63, 3.8) is 0 Å². The van der Waals surface area contributed by atoms with E-state index >= 15 is 0 Å². The van der Waals surface area contributed by atoms with E-state index in [-0.39, 0.29) is 18.1 Å². The molecule has 0 saturated heterocycles. The van der Waals surface area contributed by atoms with Crippen LogP contribution in [0.15, 0.2) is 65.7 Å². The molecule has 3 aromatic rings. The average molecular weight is 394 g/mol. The molecule has 0 bridgehead atoms. The van der Waals surface area contributed by atoms with Gasteiger partial charge in [0.15, 0.2) is 0 Å². The molecule has 0 unspecified atom stereocenters. The predicted octanol–water partition coefficient (Wildman–Crippen LogP) is 1.02. The van der Waals surface area contributed by atoms with Gasteiger partial charge in [-0.05, 0) is 36.4 Å². The minimum absolute atomic E-state index is 0.267. The number of carbonyl (C=O) groups excluding carboxylic acids is 3. The van der Waals surface area contributed by atoms with Gasteiger partial charge in [0.1, 0.15) is 0 Å². The number of H-pyrrole nitrogens is 1. The number of nitrogens with two attached hydrogens (primary N) is 1. The first-order valence-corrected chi connectivity index (χ1v) is 8.53. The van der Waals surface area contributed by atoms with E-state index in [1.165, 1.54) is 10.8 Å². The fraction of sp³-hybridized carbons (Fsp3) is 0.0526. The molecule has 0 fully saturated rings. The van der Waals surface area contributed by atoms with Crippen LogP contribution in [-0.2, 0) is 4.79 Å². The highest BCUT2D eigenvalue weighted by Crippen LogP contribution is 2.17. The standard InChI is InChI=1S/C19H18N6O4/c20-18(28)22-11-16(26)23-13-4-2-5-14(10-13)24-17(27)12-3-1-6-15(9-12)25-8-7-21-19(25)29/h1-10H,11H2,(H,21,29)(H,23,26)(H,24,27)(H3,20,22,28). The SMILES string of the molecule is NC(=O)NCC(=O)Nc1cccc(NC(=O)c2cccc(-n3cc[nH]c3=O)c2)c1. The molecule has 2 aromatic carbocycles. The maximum atomic E-state index is 12.6. The number of nitrogens with zero attached hydrogens (tertiary/aromatic N) is 1. The lowest BCUT2D eigenvalue weighted by Crippen LogP contribution is -2.36. The Balaban J connectivity index is 1.70. The summed E-state index contributed by atoms with van der Waals surface area (Å²) in [5.41, 5.74) is 6.41. The number of hydrogen-bond acceptors (Lipinski definition) is 4. The van der Waals surface area contributed by atoms with Gasteiger partial charge in [-0.25, -0.2) is 9.59 Å². The summed E-state index contributed by atoms with van der Waals surface area (Å²) >= 11 is 0. The number of benzene rings is 2. The molecule has 0 saturated carbocycles. The molecule has 148 valence electrons. The fourth-order valence-corrected chi connectivity index (χ4v) is 2.57. The van der Waals surface area contributed by atoms with Crippen molar-refractivity contribution in [2.45, 2.75) is 0 Å². The second-order valence-corrected chi connectivity index (χ2v) is 5.99. The predicted molar refractivity (Wildman–Crippen MR) is 107 cm³/mol. The summed E-state index contributed by atoms with van der Waals surface area (Å²) in [6, 6.07) is 12.3. The molecule has 0 radical (unpaired) electrons. The van der Waals surface area contributed by atoms with Gasteiger partial charge in [-0.15, -0.1) is 0 Å². The van der Waals surface area contributed by atoms with Crippen molar-refractivity contribution in [1.82, 2.24) is 14.9 Å². The number of primary amides is 1. The Morgan fingerprint density at radius 1 is 1.00 bits per heavy atom. The number of carbonyl (C=O) groups is 3. The van der Waals surface area contributed by atoms with Gasteiger partial charge >= 0.3 is 11.7 Å². The zero-order valence-corrected chi connectivity index (χ0v) is 15.1. The zero-order valence-electron chi connectivity index (χ0n) is 15.1. The summed E-state index contributed by atoms with van der Waals surface area (Å²) in [6.45, 7) is -0.267. The van der Waals surface area contributed by atoms with E-state index in [1.54, 1.807) is 54.7 Å². The summed E-state index contributed by atoms with van der Waals surface area (Å²) < 4.78 is 1.38. The minimum Gasteiger partial charge on any atom is -0.352 e. The summed E-state index contributed by atoms with van der Waals surface area (Å²) in [5, 5.41) is 7.50. The molecule has 0 atom stereocenters. The van der Waals surface area contributed by atoms with Crippen molar-refractivity contribution < 1.29 is 14.4 Å². The molecule has 0 aliphatic heterocycles. The highest BCUT2D eigenvalue weighted by molar-refractivity contribution is 6.05. The molecule has 1 heterocycles. The molecule has 1 aromatic heterocycles. The smallest absolute Gasteiger partial charge is 0.330 e. The summed E-state index contributed by atoms with van der Waals surface area (Å²) in [7, 11) is 0. The number of aromatic nitrogens is 2. The van der Waals surface area contributed by atoms with Crippen LogP contribution in [0.25, 0.3) is 5.69 Å². The van der Waals surface area contributed by atoms with Crippen LogP contribution in [0, 0.1) is 0 Å². The van der Waals surface area contributed by atoms with E-state index in [0.29, 0.717) is 22.6 Å². The third-order valence-electron chi connectivity index (χ3n) is 3.86. The lowest BCUT2D eigenvalue weighted by Gasteiger charge is -2.10. The first-order valence-electron chi connectivity index (χ1n) is 8.53. The second kappa shape index (κ2) is 8.57. The van der Waals surface area contributed by atoms with E-state index in [2.05, 4.69) is 20.9 Å². The molecule has 0 aliphatic rings. The van der Waals surface area contributed by atoms with Gasteiger partial charge in [0.05, 0.1) is 12.2 Å². The van der Waals surface area contributed by atoms with Gasteiger partial charge in [-0.2, -0.15) is 0 Å². The molecule has 29 heavy (non-hydrogen) atoms. The van der Waals surface area contributed by atoms with E-state index in [0.717, 1.165) is 0 Å². The number of amides is 4. The van der Waals surface area contributed by atoms with Gasteiger partial charge in [0.25, 0.3) is 5.91 Å². The molecule has 4 amide bonds. The Bertz CT molecular complexity index is 1120. The van der Waals surface area contributed by atoms with E-state index in [1.807, 2.05) is 0 Å². The van der Waals surface area contributed by atoms with E-state index in [9.17, 15) is 19.2 Å². The van der Waals surface area contributed by atoms with Crippen molar-refractivity contribution >= 4 is 29.2 Å². The van der Waals surface area contributed by atoms with Gasteiger partial charge in [0, 0.05) is 29.3 Å². The monoisotopic (exact) mass is 394 g/mol. The highest BCUT2D eigenvalue weighted by Gasteiger charge is 2.10. The van der Waals surface area contributed by atoms with Crippen LogP contribution >= 0.6 is 0 Å². The number of urea groups is 1. The second-order valence-electron chi connectivity index (χ2n) is 5.99. The number of rotatable bonds is 6. The van der Waals surface area contributed by atoms with Crippen LogP contribution in [0.1, 0.15) is 10.4 Å². The van der Waals surface area contributed by atoms with Crippen molar-refractivity contribution in [3.8, 4) is 5.69 Å². The molecular formula is C19H18N6O4. The van der Waals surface area contributed by atoms with E-state index < -0.39 is 11.9 Å². The molecule has 0 aliphatic carbocycles. The van der Waals surface area contributed by atoms with Crippen LogP contribution in [0.4, 0.5) is 16.2 Å². The number of aromatic amines is 1. The Kier molecular flexibility index (Phi) is 5.74. The van der Waals surface area contributed by atoms with Gasteiger partial charge in [-0.3, -0.25) is 14.2 Å². The van der Waals surface area contributed by atoms with Crippen molar-refractivity contribution in [3.05, 3.63) is 77.0 Å². The fourth-order valence-electron chi connectivity index (χ4n) is 2.57. The van der Waals surface area contributed by atoms with Gasteiger partial charge in [0.2, 0.25) is 5.91 Å². The molecule has 6 N–H and O–H groups in total. The maximum Gasteiger partial charge on any atom is 0.330 e.